The topological polar surface area (TPSA) is 15.3 Å². The highest BCUT2D eigenvalue weighted by molar-refractivity contribution is 9.10. The summed E-state index contributed by atoms with van der Waals surface area (Å²) in [7, 11) is 4.25. The lowest BCUT2D eigenvalue weighted by molar-refractivity contribution is 0.306. The molecule has 0 saturated carbocycles. The van der Waals surface area contributed by atoms with Gasteiger partial charge in [-0.15, -0.1) is 0 Å². The summed E-state index contributed by atoms with van der Waals surface area (Å²) in [4.78, 5) is 2.42. The Morgan fingerprint density at radius 2 is 2.00 bits per heavy atom. The third-order valence-electron chi connectivity index (χ3n) is 3.32. The van der Waals surface area contributed by atoms with Crippen LogP contribution in [0.5, 0.6) is 0 Å². The van der Waals surface area contributed by atoms with E-state index in [0.717, 1.165) is 13.0 Å². The predicted molar refractivity (Wildman–Crippen MR) is 83.0 cm³/mol. The SMILES string of the molecule is CCCCN(C)CCC(NC)c1ccccc1Br. The van der Waals surface area contributed by atoms with Gasteiger partial charge in [0, 0.05) is 10.5 Å². The van der Waals surface area contributed by atoms with Gasteiger partial charge in [0.2, 0.25) is 0 Å². The first kappa shape index (κ1) is 15.7. The van der Waals surface area contributed by atoms with Crippen molar-refractivity contribution >= 4 is 15.9 Å². The lowest BCUT2D eigenvalue weighted by atomic mass is 10.0. The van der Waals surface area contributed by atoms with Crippen molar-refractivity contribution in [1.82, 2.24) is 10.2 Å². The monoisotopic (exact) mass is 312 g/mol. The van der Waals surface area contributed by atoms with Crippen molar-refractivity contribution in [3.63, 3.8) is 0 Å². The van der Waals surface area contributed by atoms with Gasteiger partial charge in [-0.2, -0.15) is 0 Å². The second-order valence-corrected chi connectivity index (χ2v) is 5.66. The van der Waals surface area contributed by atoms with Gasteiger partial charge in [-0.05, 0) is 51.7 Å². The van der Waals surface area contributed by atoms with Gasteiger partial charge in [0.25, 0.3) is 0 Å². The molecule has 1 atom stereocenters. The normalized spacial score (nSPS) is 12.9. The van der Waals surface area contributed by atoms with Crippen molar-refractivity contribution in [2.24, 2.45) is 0 Å². The van der Waals surface area contributed by atoms with Crippen LogP contribution >= 0.6 is 15.9 Å². The summed E-state index contributed by atoms with van der Waals surface area (Å²) in [6, 6.07) is 8.89. The molecule has 0 bridgehead atoms. The lowest BCUT2D eigenvalue weighted by Crippen LogP contribution is -2.26. The first-order chi connectivity index (χ1) is 8.69. The second kappa shape index (κ2) is 8.68. The zero-order valence-corrected chi connectivity index (χ0v) is 13.3. The highest BCUT2D eigenvalue weighted by Crippen LogP contribution is 2.25. The van der Waals surface area contributed by atoms with Crippen molar-refractivity contribution in [2.75, 3.05) is 27.2 Å². The summed E-state index contributed by atoms with van der Waals surface area (Å²) >= 11 is 3.63. The Morgan fingerprint density at radius 3 is 2.61 bits per heavy atom. The standard InChI is InChI=1S/C15H25BrN2/c1-4-5-11-18(3)12-10-15(17-2)13-8-6-7-9-14(13)16/h6-9,15,17H,4-5,10-12H2,1-3H3. The highest BCUT2D eigenvalue weighted by Gasteiger charge is 2.12. The summed E-state index contributed by atoms with van der Waals surface area (Å²) in [6.07, 6.45) is 3.69. The third-order valence-corrected chi connectivity index (χ3v) is 4.04. The molecule has 18 heavy (non-hydrogen) atoms. The van der Waals surface area contributed by atoms with E-state index in [0.29, 0.717) is 6.04 Å². The maximum absolute atomic E-state index is 3.63. The van der Waals surface area contributed by atoms with E-state index in [9.17, 15) is 0 Å². The van der Waals surface area contributed by atoms with Crippen molar-refractivity contribution in [3.8, 4) is 0 Å². The van der Waals surface area contributed by atoms with Crippen LogP contribution in [0.4, 0.5) is 0 Å². The van der Waals surface area contributed by atoms with Crippen LogP contribution in [0.25, 0.3) is 0 Å². The summed E-state index contributed by atoms with van der Waals surface area (Å²) < 4.78 is 1.19. The van der Waals surface area contributed by atoms with Crippen molar-refractivity contribution in [1.29, 1.82) is 0 Å². The van der Waals surface area contributed by atoms with Crippen LogP contribution in [0.2, 0.25) is 0 Å². The quantitative estimate of drug-likeness (QED) is 0.784. The number of hydrogen-bond donors (Lipinski definition) is 1. The lowest BCUT2D eigenvalue weighted by Gasteiger charge is -2.22. The van der Waals surface area contributed by atoms with Crippen LogP contribution in [-0.2, 0) is 0 Å². The summed E-state index contributed by atoms with van der Waals surface area (Å²) in [5.74, 6) is 0. The van der Waals surface area contributed by atoms with Crippen LogP contribution in [0.1, 0.15) is 37.8 Å². The Morgan fingerprint density at radius 1 is 1.28 bits per heavy atom. The van der Waals surface area contributed by atoms with Gasteiger partial charge in [0.1, 0.15) is 0 Å². The Labute approximate surface area is 120 Å². The Bertz CT molecular complexity index is 341. The average Bonchev–Trinajstić information content (AvgIpc) is 2.39. The largest absolute Gasteiger partial charge is 0.313 e. The molecule has 0 aliphatic rings. The zero-order chi connectivity index (χ0) is 13.4. The number of halogens is 1. The van der Waals surface area contributed by atoms with Gasteiger partial charge in [-0.3, -0.25) is 0 Å². The van der Waals surface area contributed by atoms with Crippen molar-refractivity contribution in [2.45, 2.75) is 32.2 Å². The molecule has 0 heterocycles. The molecular weight excluding hydrogens is 288 g/mol. The molecule has 0 aliphatic carbocycles. The van der Waals surface area contributed by atoms with Crippen LogP contribution in [0.3, 0.4) is 0 Å². The zero-order valence-electron chi connectivity index (χ0n) is 11.7. The smallest absolute Gasteiger partial charge is 0.0340 e. The number of benzene rings is 1. The first-order valence-electron chi connectivity index (χ1n) is 6.79. The molecule has 0 saturated heterocycles. The molecule has 0 fully saturated rings. The molecule has 0 spiro atoms. The Kier molecular flexibility index (Phi) is 7.56. The van der Waals surface area contributed by atoms with Crippen molar-refractivity contribution in [3.05, 3.63) is 34.3 Å². The molecule has 1 aromatic rings. The fraction of sp³-hybridized carbons (Fsp3) is 0.600. The number of unbranched alkanes of at least 4 members (excludes halogenated alkanes) is 1. The van der Waals surface area contributed by atoms with Gasteiger partial charge in [-0.25, -0.2) is 0 Å². The fourth-order valence-corrected chi connectivity index (χ4v) is 2.66. The molecule has 2 nitrogen and oxygen atoms in total. The van der Waals surface area contributed by atoms with E-state index < -0.39 is 0 Å². The molecule has 0 aliphatic heterocycles. The Balaban J connectivity index is 2.50. The van der Waals surface area contributed by atoms with Crippen LogP contribution in [0.15, 0.2) is 28.7 Å². The van der Waals surface area contributed by atoms with Crippen molar-refractivity contribution < 1.29 is 0 Å². The summed E-state index contributed by atoms with van der Waals surface area (Å²) in [5.41, 5.74) is 1.35. The van der Waals surface area contributed by atoms with E-state index in [1.807, 2.05) is 7.05 Å². The molecule has 102 valence electrons. The van der Waals surface area contributed by atoms with E-state index in [4.69, 9.17) is 0 Å². The van der Waals surface area contributed by atoms with Crippen LogP contribution < -0.4 is 5.32 Å². The maximum atomic E-state index is 3.63. The molecule has 0 radical (unpaired) electrons. The Hall–Kier alpha value is -0.380. The first-order valence-corrected chi connectivity index (χ1v) is 7.58. The van der Waals surface area contributed by atoms with Gasteiger partial charge in [0.15, 0.2) is 0 Å². The molecule has 1 rings (SSSR count). The van der Waals surface area contributed by atoms with Gasteiger partial charge in [0.05, 0.1) is 0 Å². The highest BCUT2D eigenvalue weighted by atomic mass is 79.9. The summed E-state index contributed by atoms with van der Waals surface area (Å²) in [5, 5.41) is 3.41. The number of nitrogens with one attached hydrogen (secondary N) is 1. The average molecular weight is 313 g/mol. The fourth-order valence-electron chi connectivity index (χ4n) is 2.10. The van der Waals surface area contributed by atoms with Gasteiger partial charge < -0.3 is 10.2 Å². The van der Waals surface area contributed by atoms with E-state index in [1.54, 1.807) is 0 Å². The van der Waals surface area contributed by atoms with E-state index in [-0.39, 0.29) is 0 Å². The van der Waals surface area contributed by atoms with Gasteiger partial charge in [-0.1, -0.05) is 47.5 Å². The molecule has 1 unspecified atom stereocenters. The molecule has 1 aromatic carbocycles. The van der Waals surface area contributed by atoms with Crippen LogP contribution in [-0.4, -0.2) is 32.1 Å². The maximum Gasteiger partial charge on any atom is 0.0340 e. The van der Waals surface area contributed by atoms with Gasteiger partial charge >= 0.3 is 0 Å². The van der Waals surface area contributed by atoms with E-state index in [1.165, 1.54) is 29.4 Å². The number of rotatable bonds is 8. The second-order valence-electron chi connectivity index (χ2n) is 4.81. The molecule has 0 aromatic heterocycles. The third kappa shape index (κ3) is 5.09. The predicted octanol–water partition coefficient (Wildman–Crippen LogP) is 3.83. The van der Waals surface area contributed by atoms with E-state index >= 15 is 0 Å². The minimum Gasteiger partial charge on any atom is -0.313 e. The molecule has 1 N–H and O–H groups in total. The molecule has 0 amide bonds. The number of hydrogen-bond acceptors (Lipinski definition) is 2. The number of nitrogens with zero attached hydrogens (tertiary/aromatic N) is 1. The summed E-state index contributed by atoms with van der Waals surface area (Å²) in [6.45, 7) is 4.57. The van der Waals surface area contributed by atoms with Crippen LogP contribution in [0, 0.1) is 0 Å². The minimum atomic E-state index is 0.421. The van der Waals surface area contributed by atoms with E-state index in [2.05, 4.69) is 64.4 Å². The molecular formula is C15H25BrN2. The minimum absolute atomic E-state index is 0.421. The molecule has 3 heteroatoms.